The van der Waals surface area contributed by atoms with Crippen molar-refractivity contribution in [2.24, 2.45) is 11.5 Å². The molecule has 0 saturated heterocycles. The fraction of sp³-hybridized carbons (Fsp3) is 0.176. The van der Waals surface area contributed by atoms with Gasteiger partial charge in [0.25, 0.3) is 0 Å². The van der Waals surface area contributed by atoms with E-state index in [1.807, 2.05) is 43.3 Å². The van der Waals surface area contributed by atoms with Gasteiger partial charge >= 0.3 is 0 Å². The van der Waals surface area contributed by atoms with Crippen molar-refractivity contribution in [3.63, 3.8) is 0 Å². The lowest BCUT2D eigenvalue weighted by atomic mass is 9.95. The van der Waals surface area contributed by atoms with E-state index in [1.54, 1.807) is 6.07 Å². The Labute approximate surface area is 129 Å². The first kappa shape index (κ1) is 15.7. The molecule has 22 heavy (non-hydrogen) atoms. The van der Waals surface area contributed by atoms with Crippen molar-refractivity contribution in [3.8, 4) is 11.1 Å². The molecule has 2 amide bonds. The molecule has 2 rings (SSSR count). The SMILES string of the molecule is CN(C)Cc1cccc(-c2cc(C(N)=O)ccc2C(N)=O)c1. The van der Waals surface area contributed by atoms with Crippen molar-refractivity contribution in [1.82, 2.24) is 4.90 Å². The van der Waals surface area contributed by atoms with Crippen LogP contribution in [0.3, 0.4) is 0 Å². The lowest BCUT2D eigenvalue weighted by Crippen LogP contribution is -2.15. The van der Waals surface area contributed by atoms with Crippen LogP contribution in [0.5, 0.6) is 0 Å². The summed E-state index contributed by atoms with van der Waals surface area (Å²) >= 11 is 0. The molecule has 2 aromatic rings. The average Bonchev–Trinajstić information content (AvgIpc) is 2.46. The summed E-state index contributed by atoms with van der Waals surface area (Å²) in [5.74, 6) is -1.08. The van der Waals surface area contributed by atoms with E-state index in [9.17, 15) is 9.59 Å². The molecule has 0 heterocycles. The van der Waals surface area contributed by atoms with E-state index in [2.05, 4.69) is 0 Å². The monoisotopic (exact) mass is 297 g/mol. The van der Waals surface area contributed by atoms with Crippen LogP contribution < -0.4 is 11.5 Å². The summed E-state index contributed by atoms with van der Waals surface area (Å²) in [6.45, 7) is 0.773. The molecule has 0 atom stereocenters. The van der Waals surface area contributed by atoms with Gasteiger partial charge in [-0.05, 0) is 55.1 Å². The van der Waals surface area contributed by atoms with Crippen LogP contribution in [0.25, 0.3) is 11.1 Å². The molecule has 2 aromatic carbocycles. The summed E-state index contributed by atoms with van der Waals surface area (Å²) in [6, 6.07) is 12.4. The molecule has 0 aliphatic heterocycles. The average molecular weight is 297 g/mol. The fourth-order valence-electron chi connectivity index (χ4n) is 2.35. The first-order valence-corrected chi connectivity index (χ1v) is 6.86. The summed E-state index contributed by atoms with van der Waals surface area (Å²) in [5.41, 5.74) is 14.0. The molecular weight excluding hydrogens is 278 g/mol. The van der Waals surface area contributed by atoms with E-state index in [0.29, 0.717) is 16.7 Å². The van der Waals surface area contributed by atoms with Crippen LogP contribution >= 0.6 is 0 Å². The van der Waals surface area contributed by atoms with Crippen LogP contribution in [0.1, 0.15) is 26.3 Å². The molecule has 0 radical (unpaired) electrons. The van der Waals surface area contributed by atoms with E-state index >= 15 is 0 Å². The maximum absolute atomic E-state index is 11.6. The molecule has 0 saturated carbocycles. The molecule has 0 bridgehead atoms. The molecule has 4 N–H and O–H groups in total. The number of hydrogen-bond donors (Lipinski definition) is 2. The Bertz CT molecular complexity index is 724. The van der Waals surface area contributed by atoms with Crippen LogP contribution in [0.2, 0.25) is 0 Å². The molecule has 114 valence electrons. The van der Waals surface area contributed by atoms with Crippen molar-refractivity contribution in [1.29, 1.82) is 0 Å². The van der Waals surface area contributed by atoms with Gasteiger partial charge in [-0.15, -0.1) is 0 Å². The topological polar surface area (TPSA) is 89.4 Å². The third-order valence-electron chi connectivity index (χ3n) is 3.31. The Morgan fingerprint density at radius 1 is 1.00 bits per heavy atom. The summed E-state index contributed by atoms with van der Waals surface area (Å²) in [5, 5.41) is 0. The molecule has 0 fully saturated rings. The van der Waals surface area contributed by atoms with Gasteiger partial charge in [0.2, 0.25) is 11.8 Å². The second-order valence-electron chi connectivity index (χ2n) is 5.43. The predicted molar refractivity (Wildman–Crippen MR) is 86.3 cm³/mol. The zero-order valence-electron chi connectivity index (χ0n) is 12.7. The van der Waals surface area contributed by atoms with Gasteiger partial charge in [0.15, 0.2) is 0 Å². The maximum atomic E-state index is 11.6. The number of amides is 2. The molecular formula is C17H19N3O2. The zero-order valence-corrected chi connectivity index (χ0v) is 12.7. The van der Waals surface area contributed by atoms with Gasteiger partial charge in [-0.1, -0.05) is 18.2 Å². The van der Waals surface area contributed by atoms with Crippen molar-refractivity contribution >= 4 is 11.8 Å². The summed E-state index contributed by atoms with van der Waals surface area (Å²) in [7, 11) is 3.96. The first-order valence-electron chi connectivity index (χ1n) is 6.86. The van der Waals surface area contributed by atoms with Crippen molar-refractivity contribution in [2.75, 3.05) is 14.1 Å². The number of nitrogens with zero attached hydrogens (tertiary/aromatic N) is 1. The van der Waals surface area contributed by atoms with Crippen LogP contribution in [0, 0.1) is 0 Å². The van der Waals surface area contributed by atoms with Crippen LogP contribution in [0.4, 0.5) is 0 Å². The lowest BCUT2D eigenvalue weighted by Gasteiger charge is -2.13. The van der Waals surface area contributed by atoms with E-state index in [1.165, 1.54) is 12.1 Å². The van der Waals surface area contributed by atoms with Gasteiger partial charge in [-0.2, -0.15) is 0 Å². The van der Waals surface area contributed by atoms with Gasteiger partial charge in [-0.3, -0.25) is 9.59 Å². The number of carbonyl (C=O) groups excluding carboxylic acids is 2. The summed E-state index contributed by atoms with van der Waals surface area (Å²) in [4.78, 5) is 25.1. The number of nitrogens with two attached hydrogens (primary N) is 2. The Hall–Kier alpha value is -2.66. The number of carbonyl (C=O) groups is 2. The second kappa shape index (κ2) is 6.41. The highest BCUT2D eigenvalue weighted by Crippen LogP contribution is 2.26. The van der Waals surface area contributed by atoms with Gasteiger partial charge in [0.1, 0.15) is 0 Å². The Morgan fingerprint density at radius 3 is 2.32 bits per heavy atom. The highest BCUT2D eigenvalue weighted by Gasteiger charge is 2.13. The minimum absolute atomic E-state index is 0.345. The smallest absolute Gasteiger partial charge is 0.249 e. The van der Waals surface area contributed by atoms with E-state index in [-0.39, 0.29) is 0 Å². The Balaban J connectivity index is 2.56. The molecule has 0 unspecified atom stereocenters. The second-order valence-corrected chi connectivity index (χ2v) is 5.43. The largest absolute Gasteiger partial charge is 0.366 e. The van der Waals surface area contributed by atoms with Crippen LogP contribution in [-0.2, 0) is 6.54 Å². The third-order valence-corrected chi connectivity index (χ3v) is 3.31. The van der Waals surface area contributed by atoms with Crippen molar-refractivity contribution < 1.29 is 9.59 Å². The van der Waals surface area contributed by atoms with E-state index in [4.69, 9.17) is 11.5 Å². The van der Waals surface area contributed by atoms with E-state index < -0.39 is 11.8 Å². The molecule has 5 nitrogen and oxygen atoms in total. The predicted octanol–water partition coefficient (Wildman–Crippen LogP) is 1.61. The number of hydrogen-bond acceptors (Lipinski definition) is 3. The van der Waals surface area contributed by atoms with Gasteiger partial charge in [0, 0.05) is 17.7 Å². The Kier molecular flexibility index (Phi) is 4.58. The highest BCUT2D eigenvalue weighted by atomic mass is 16.1. The quantitative estimate of drug-likeness (QED) is 0.878. The molecule has 0 aliphatic rings. The molecule has 5 heteroatoms. The van der Waals surface area contributed by atoms with Gasteiger partial charge in [-0.25, -0.2) is 0 Å². The minimum Gasteiger partial charge on any atom is -0.366 e. The van der Waals surface area contributed by atoms with E-state index in [0.717, 1.165) is 17.7 Å². The van der Waals surface area contributed by atoms with Crippen molar-refractivity contribution in [3.05, 3.63) is 59.2 Å². The van der Waals surface area contributed by atoms with Crippen LogP contribution in [-0.4, -0.2) is 30.8 Å². The number of primary amides is 2. The first-order chi connectivity index (χ1) is 10.4. The Morgan fingerprint density at radius 2 is 1.73 bits per heavy atom. The number of rotatable bonds is 5. The zero-order chi connectivity index (χ0) is 16.3. The number of benzene rings is 2. The normalized spacial score (nSPS) is 10.7. The lowest BCUT2D eigenvalue weighted by molar-refractivity contribution is 0.0989. The highest BCUT2D eigenvalue weighted by molar-refractivity contribution is 6.02. The minimum atomic E-state index is -0.540. The molecule has 0 aromatic heterocycles. The standard InChI is InChI=1S/C17H19N3O2/c1-20(2)10-11-4-3-5-12(8-11)15-9-13(16(18)21)6-7-14(15)17(19)22/h3-9H,10H2,1-2H3,(H2,18,21)(H2,19,22). The van der Waals surface area contributed by atoms with Gasteiger partial charge < -0.3 is 16.4 Å². The summed E-state index contributed by atoms with van der Waals surface area (Å²) < 4.78 is 0. The molecule has 0 spiro atoms. The van der Waals surface area contributed by atoms with Crippen LogP contribution in [0.15, 0.2) is 42.5 Å². The fourth-order valence-corrected chi connectivity index (χ4v) is 2.35. The molecule has 0 aliphatic carbocycles. The van der Waals surface area contributed by atoms with Gasteiger partial charge in [0.05, 0.1) is 0 Å². The summed E-state index contributed by atoms with van der Waals surface area (Å²) in [6.07, 6.45) is 0. The maximum Gasteiger partial charge on any atom is 0.249 e. The third kappa shape index (κ3) is 3.51. The van der Waals surface area contributed by atoms with Crippen molar-refractivity contribution in [2.45, 2.75) is 6.54 Å².